The number of hydrogen-bond acceptors (Lipinski definition) is 6. The fourth-order valence-electron chi connectivity index (χ4n) is 5.76. The lowest BCUT2D eigenvalue weighted by Crippen LogP contribution is -2.38. The SMILES string of the molecule is COC(=O)c1ccc(Nc2nc3ccc(C(=O)N(CCC(C)C)CCC(C)C)cc3n2CCCN2CCCCC2C)cc1. The molecule has 0 radical (unpaired) electrons. The minimum atomic E-state index is -0.362. The summed E-state index contributed by atoms with van der Waals surface area (Å²) >= 11 is 0. The largest absolute Gasteiger partial charge is 0.465 e. The molecule has 0 saturated carbocycles. The van der Waals surface area contributed by atoms with Crippen molar-refractivity contribution in [1.82, 2.24) is 19.4 Å². The molecule has 1 atom stereocenters. The van der Waals surface area contributed by atoms with Crippen LogP contribution in [0.1, 0.15) is 93.9 Å². The number of piperidine rings is 1. The molecule has 0 spiro atoms. The molecule has 1 aromatic heterocycles. The molecule has 0 aliphatic carbocycles. The van der Waals surface area contributed by atoms with E-state index < -0.39 is 0 Å². The molecule has 43 heavy (non-hydrogen) atoms. The molecule has 1 unspecified atom stereocenters. The maximum absolute atomic E-state index is 13.8. The summed E-state index contributed by atoms with van der Waals surface area (Å²) in [5.74, 6) is 1.53. The van der Waals surface area contributed by atoms with Crippen LogP contribution in [0.15, 0.2) is 42.5 Å². The first-order valence-corrected chi connectivity index (χ1v) is 16.1. The van der Waals surface area contributed by atoms with Gasteiger partial charge in [0.15, 0.2) is 0 Å². The summed E-state index contributed by atoms with van der Waals surface area (Å²) in [6.07, 6.45) is 6.80. The molecule has 1 saturated heterocycles. The van der Waals surface area contributed by atoms with Crippen molar-refractivity contribution in [2.45, 2.75) is 85.7 Å². The topological polar surface area (TPSA) is 79.7 Å². The number of imidazole rings is 1. The number of nitrogens with zero attached hydrogens (tertiary/aromatic N) is 4. The molecule has 234 valence electrons. The molecule has 4 rings (SSSR count). The first-order chi connectivity index (χ1) is 20.7. The van der Waals surface area contributed by atoms with Crippen molar-refractivity contribution in [3.63, 3.8) is 0 Å². The second kappa shape index (κ2) is 15.4. The predicted octanol–water partition coefficient (Wildman–Crippen LogP) is 7.37. The predicted molar refractivity (Wildman–Crippen MR) is 175 cm³/mol. The molecule has 0 bridgehead atoms. The number of methoxy groups -OCH3 is 1. The number of fused-ring (bicyclic) bond motifs is 1. The van der Waals surface area contributed by atoms with E-state index in [1.807, 2.05) is 35.2 Å². The Morgan fingerprint density at radius 2 is 1.65 bits per heavy atom. The molecule has 1 aliphatic heterocycles. The number of anilines is 2. The maximum Gasteiger partial charge on any atom is 0.337 e. The molecular formula is C35H51N5O3. The summed E-state index contributed by atoms with van der Waals surface area (Å²) in [5, 5.41) is 3.47. The van der Waals surface area contributed by atoms with Crippen LogP contribution in [0.5, 0.6) is 0 Å². The summed E-state index contributed by atoms with van der Waals surface area (Å²) in [6.45, 7) is 15.7. The Bertz CT molecular complexity index is 1340. The number of benzene rings is 2. The first kappa shape index (κ1) is 32.5. The highest BCUT2D eigenvalue weighted by molar-refractivity contribution is 5.98. The first-order valence-electron chi connectivity index (χ1n) is 16.1. The Kier molecular flexibility index (Phi) is 11.6. The molecule has 1 fully saturated rings. The van der Waals surface area contributed by atoms with Crippen molar-refractivity contribution in [3.05, 3.63) is 53.6 Å². The van der Waals surface area contributed by atoms with Gasteiger partial charge in [-0.05, 0) is 99.9 Å². The fourth-order valence-corrected chi connectivity index (χ4v) is 5.76. The van der Waals surface area contributed by atoms with Gasteiger partial charge in [0, 0.05) is 43.5 Å². The van der Waals surface area contributed by atoms with E-state index in [1.165, 1.54) is 26.4 Å². The highest BCUT2D eigenvalue weighted by Gasteiger charge is 2.21. The van der Waals surface area contributed by atoms with Crippen molar-refractivity contribution in [3.8, 4) is 0 Å². The van der Waals surface area contributed by atoms with Gasteiger partial charge in [-0.25, -0.2) is 9.78 Å². The van der Waals surface area contributed by atoms with E-state index in [2.05, 4.69) is 49.4 Å². The highest BCUT2D eigenvalue weighted by atomic mass is 16.5. The Labute approximate surface area is 257 Å². The van der Waals surface area contributed by atoms with E-state index in [4.69, 9.17) is 9.72 Å². The number of rotatable bonds is 14. The normalized spacial score (nSPS) is 15.8. The van der Waals surface area contributed by atoms with Crippen LogP contribution in [-0.4, -0.2) is 70.6 Å². The Hall–Kier alpha value is -3.39. The summed E-state index contributed by atoms with van der Waals surface area (Å²) in [5.41, 5.74) is 3.85. The van der Waals surface area contributed by atoms with Crippen LogP contribution in [-0.2, 0) is 11.3 Å². The average molecular weight is 590 g/mol. The lowest BCUT2D eigenvalue weighted by molar-refractivity contribution is 0.0600. The van der Waals surface area contributed by atoms with Crippen LogP contribution in [0.3, 0.4) is 0 Å². The number of ether oxygens (including phenoxy) is 1. The number of esters is 1. The van der Waals surface area contributed by atoms with Gasteiger partial charge in [0.25, 0.3) is 5.91 Å². The zero-order valence-electron chi connectivity index (χ0n) is 27.1. The zero-order valence-corrected chi connectivity index (χ0v) is 27.1. The van der Waals surface area contributed by atoms with Crippen LogP contribution >= 0.6 is 0 Å². The number of amides is 1. The Morgan fingerprint density at radius 1 is 0.977 bits per heavy atom. The third kappa shape index (κ3) is 8.82. The van der Waals surface area contributed by atoms with Gasteiger partial charge in [0.2, 0.25) is 5.95 Å². The molecule has 3 aromatic rings. The van der Waals surface area contributed by atoms with Crippen LogP contribution in [0.4, 0.5) is 11.6 Å². The average Bonchev–Trinajstić information content (AvgIpc) is 3.33. The lowest BCUT2D eigenvalue weighted by atomic mass is 10.0. The van der Waals surface area contributed by atoms with Gasteiger partial charge in [0.05, 0.1) is 23.7 Å². The quantitative estimate of drug-likeness (QED) is 0.198. The third-order valence-electron chi connectivity index (χ3n) is 8.56. The van der Waals surface area contributed by atoms with Gasteiger partial charge in [-0.1, -0.05) is 34.1 Å². The fraction of sp³-hybridized carbons (Fsp3) is 0.571. The van der Waals surface area contributed by atoms with Crippen molar-refractivity contribution in [1.29, 1.82) is 0 Å². The standard InChI is InChI=1S/C35H51N5O3/c1-25(2)17-22-39(23-18-26(3)4)33(41)29-13-16-31-32(24-29)40(21-9-20-38-19-8-7-10-27(38)5)35(37-31)36-30-14-11-28(12-15-30)34(42)43-6/h11-16,24-27H,7-10,17-23H2,1-6H3,(H,36,37). The molecule has 1 aliphatic rings. The monoisotopic (exact) mass is 589 g/mol. The van der Waals surface area contributed by atoms with Gasteiger partial charge < -0.3 is 24.4 Å². The van der Waals surface area contributed by atoms with Gasteiger partial charge in [-0.3, -0.25) is 4.79 Å². The van der Waals surface area contributed by atoms with E-state index in [0.717, 1.165) is 74.7 Å². The van der Waals surface area contributed by atoms with Gasteiger partial charge in [-0.15, -0.1) is 0 Å². The Morgan fingerprint density at radius 3 is 2.28 bits per heavy atom. The number of aryl methyl sites for hydroxylation is 1. The number of likely N-dealkylation sites (tertiary alicyclic amines) is 1. The minimum absolute atomic E-state index is 0.0889. The lowest BCUT2D eigenvalue weighted by Gasteiger charge is -2.33. The van der Waals surface area contributed by atoms with Crippen LogP contribution < -0.4 is 5.32 Å². The number of nitrogens with one attached hydrogen (secondary N) is 1. The summed E-state index contributed by atoms with van der Waals surface area (Å²) in [7, 11) is 1.38. The summed E-state index contributed by atoms with van der Waals surface area (Å²) in [6, 6.07) is 13.8. The van der Waals surface area contributed by atoms with Gasteiger partial charge in [0.1, 0.15) is 0 Å². The van der Waals surface area contributed by atoms with Crippen LogP contribution in [0, 0.1) is 11.8 Å². The summed E-state index contributed by atoms with van der Waals surface area (Å²) in [4.78, 5) is 35.3. The molecule has 1 amide bonds. The second-order valence-corrected chi connectivity index (χ2v) is 12.9. The van der Waals surface area contributed by atoms with E-state index in [9.17, 15) is 9.59 Å². The molecule has 2 heterocycles. The molecular weight excluding hydrogens is 538 g/mol. The third-order valence-corrected chi connectivity index (χ3v) is 8.56. The zero-order chi connectivity index (χ0) is 30.9. The number of aromatic nitrogens is 2. The van der Waals surface area contributed by atoms with Crippen LogP contribution in [0.25, 0.3) is 11.0 Å². The summed E-state index contributed by atoms with van der Waals surface area (Å²) < 4.78 is 7.06. The second-order valence-electron chi connectivity index (χ2n) is 12.9. The van der Waals surface area contributed by atoms with E-state index >= 15 is 0 Å². The van der Waals surface area contributed by atoms with Crippen molar-refractivity contribution in [2.24, 2.45) is 11.8 Å². The molecule has 1 N–H and O–H groups in total. The smallest absolute Gasteiger partial charge is 0.337 e. The van der Waals surface area contributed by atoms with Crippen molar-refractivity contribution >= 4 is 34.5 Å². The maximum atomic E-state index is 13.8. The molecule has 2 aromatic carbocycles. The van der Waals surface area contributed by atoms with E-state index in [-0.39, 0.29) is 11.9 Å². The number of carbonyl (C=O) groups excluding carboxylic acids is 2. The van der Waals surface area contributed by atoms with Crippen molar-refractivity contribution < 1.29 is 14.3 Å². The Balaban J connectivity index is 1.62. The van der Waals surface area contributed by atoms with E-state index in [0.29, 0.717) is 29.0 Å². The minimum Gasteiger partial charge on any atom is -0.465 e. The van der Waals surface area contributed by atoms with Crippen LogP contribution in [0.2, 0.25) is 0 Å². The molecule has 8 heteroatoms. The number of carbonyl (C=O) groups is 2. The van der Waals surface area contributed by atoms with Gasteiger partial charge in [-0.2, -0.15) is 0 Å². The van der Waals surface area contributed by atoms with Crippen molar-refractivity contribution in [2.75, 3.05) is 38.6 Å². The number of hydrogen-bond donors (Lipinski definition) is 1. The van der Waals surface area contributed by atoms with E-state index in [1.54, 1.807) is 12.1 Å². The molecule has 8 nitrogen and oxygen atoms in total. The van der Waals surface area contributed by atoms with Gasteiger partial charge >= 0.3 is 5.97 Å². The highest BCUT2D eigenvalue weighted by Crippen LogP contribution is 2.26.